The minimum absolute atomic E-state index is 0.0445. The van der Waals surface area contributed by atoms with E-state index in [1.807, 2.05) is 25.1 Å². The first kappa shape index (κ1) is 16.2. The zero-order valence-electron chi connectivity index (χ0n) is 12.3. The lowest BCUT2D eigenvalue weighted by atomic mass is 10.2. The molecule has 0 aliphatic carbocycles. The highest BCUT2D eigenvalue weighted by molar-refractivity contribution is 6.33. The lowest BCUT2D eigenvalue weighted by molar-refractivity contribution is 0.149. The first-order chi connectivity index (χ1) is 10.5. The van der Waals surface area contributed by atoms with Crippen LogP contribution in [0.15, 0.2) is 41.0 Å². The zero-order valence-corrected chi connectivity index (χ0v) is 13.1. The Hall–Kier alpha value is -2.18. The van der Waals surface area contributed by atoms with Gasteiger partial charge in [-0.05, 0) is 30.3 Å². The molecule has 7 heteroatoms. The molecule has 22 heavy (non-hydrogen) atoms. The molecule has 0 unspecified atom stereocenters. The van der Waals surface area contributed by atoms with Crippen LogP contribution in [0, 0.1) is 0 Å². The second kappa shape index (κ2) is 7.20. The molecule has 0 fully saturated rings. The molecule has 1 aromatic heterocycles. The third kappa shape index (κ3) is 4.16. The van der Waals surface area contributed by atoms with Gasteiger partial charge in [0.15, 0.2) is 0 Å². The fourth-order valence-electron chi connectivity index (χ4n) is 1.89. The average Bonchev–Trinajstić information content (AvgIpc) is 2.98. The van der Waals surface area contributed by atoms with E-state index in [1.54, 1.807) is 24.3 Å². The molecule has 0 spiro atoms. The molecule has 118 valence electrons. The number of anilines is 2. The molecule has 2 rings (SSSR count). The molecule has 2 aromatic rings. The van der Waals surface area contributed by atoms with Gasteiger partial charge >= 0.3 is 6.03 Å². The summed E-state index contributed by atoms with van der Waals surface area (Å²) in [7, 11) is 3.77. The maximum absolute atomic E-state index is 11.8. The van der Waals surface area contributed by atoms with Crippen LogP contribution < -0.4 is 15.5 Å². The highest BCUT2D eigenvalue weighted by Gasteiger charge is 2.12. The van der Waals surface area contributed by atoms with Gasteiger partial charge in [-0.2, -0.15) is 0 Å². The molecule has 0 radical (unpaired) electrons. The first-order valence-corrected chi connectivity index (χ1v) is 7.08. The Morgan fingerprint density at radius 3 is 2.77 bits per heavy atom. The highest BCUT2D eigenvalue weighted by atomic mass is 35.5. The topological polar surface area (TPSA) is 77.7 Å². The number of nitrogens with one attached hydrogen (secondary N) is 2. The number of aliphatic hydroxyl groups excluding tert-OH is 1. The maximum atomic E-state index is 11.8. The molecule has 3 N–H and O–H groups in total. The highest BCUT2D eigenvalue weighted by Crippen LogP contribution is 2.27. The molecule has 1 atom stereocenters. The van der Waals surface area contributed by atoms with Crippen molar-refractivity contribution in [1.29, 1.82) is 0 Å². The number of benzene rings is 1. The second-order valence-electron chi connectivity index (χ2n) is 4.93. The summed E-state index contributed by atoms with van der Waals surface area (Å²) in [6, 6.07) is 8.12. The van der Waals surface area contributed by atoms with Crippen molar-refractivity contribution >= 4 is 29.0 Å². The van der Waals surface area contributed by atoms with E-state index < -0.39 is 12.1 Å². The van der Waals surface area contributed by atoms with E-state index >= 15 is 0 Å². The summed E-state index contributed by atoms with van der Waals surface area (Å²) in [4.78, 5) is 13.7. The van der Waals surface area contributed by atoms with E-state index in [9.17, 15) is 9.90 Å². The van der Waals surface area contributed by atoms with Gasteiger partial charge in [-0.1, -0.05) is 11.6 Å². The summed E-state index contributed by atoms with van der Waals surface area (Å²) >= 11 is 6.14. The number of hydrogen-bond acceptors (Lipinski definition) is 4. The molecule has 0 aliphatic heterocycles. The van der Waals surface area contributed by atoms with E-state index in [0.29, 0.717) is 16.5 Å². The van der Waals surface area contributed by atoms with Crippen LogP contribution in [0.4, 0.5) is 16.2 Å². The number of aliphatic hydroxyl groups is 1. The third-order valence-corrected chi connectivity index (χ3v) is 3.32. The van der Waals surface area contributed by atoms with Crippen LogP contribution in [-0.2, 0) is 0 Å². The number of carbonyl (C=O) groups is 1. The molecule has 1 aromatic carbocycles. The van der Waals surface area contributed by atoms with Crippen LogP contribution in [0.3, 0.4) is 0 Å². The summed E-state index contributed by atoms with van der Waals surface area (Å²) in [5, 5.41) is 15.6. The Bertz CT molecular complexity index is 629. The Labute approximate surface area is 133 Å². The Morgan fingerprint density at radius 2 is 2.18 bits per heavy atom. The minimum Gasteiger partial charge on any atom is -0.467 e. The van der Waals surface area contributed by atoms with Gasteiger partial charge in [-0.25, -0.2) is 4.79 Å². The van der Waals surface area contributed by atoms with Gasteiger partial charge in [-0.3, -0.25) is 0 Å². The third-order valence-electron chi connectivity index (χ3n) is 3.01. The number of hydrogen-bond donors (Lipinski definition) is 3. The SMILES string of the molecule is CN(C)c1ccc(NC(=O)NC[C@@H](O)c2ccco2)cc1Cl. The number of carbonyl (C=O) groups excluding carboxylic acids is 1. The lowest BCUT2D eigenvalue weighted by Crippen LogP contribution is -2.32. The van der Waals surface area contributed by atoms with E-state index in [2.05, 4.69) is 10.6 Å². The normalized spacial score (nSPS) is 11.8. The molecule has 6 nitrogen and oxygen atoms in total. The van der Waals surface area contributed by atoms with Crippen LogP contribution in [0.2, 0.25) is 5.02 Å². The van der Waals surface area contributed by atoms with Gasteiger partial charge in [0, 0.05) is 19.8 Å². The van der Waals surface area contributed by atoms with Crippen molar-refractivity contribution in [2.24, 2.45) is 0 Å². The van der Waals surface area contributed by atoms with Crippen LogP contribution in [0.5, 0.6) is 0 Å². The fourth-order valence-corrected chi connectivity index (χ4v) is 2.24. The molecule has 0 saturated carbocycles. The van der Waals surface area contributed by atoms with Gasteiger partial charge in [0.2, 0.25) is 0 Å². The fraction of sp³-hybridized carbons (Fsp3) is 0.267. The summed E-state index contributed by atoms with van der Waals surface area (Å²) in [6.45, 7) is 0.0445. The molecule has 1 heterocycles. The van der Waals surface area contributed by atoms with Crippen molar-refractivity contribution < 1.29 is 14.3 Å². The van der Waals surface area contributed by atoms with Crippen LogP contribution in [-0.4, -0.2) is 31.8 Å². The standard InChI is InChI=1S/C15H18ClN3O3/c1-19(2)12-6-5-10(8-11(12)16)18-15(21)17-9-13(20)14-4-3-7-22-14/h3-8,13,20H,9H2,1-2H3,(H2,17,18,21)/t13-/m1/s1. The predicted octanol–water partition coefficient (Wildman–Crippen LogP) is 2.85. The first-order valence-electron chi connectivity index (χ1n) is 6.70. The molecule has 2 amide bonds. The van der Waals surface area contributed by atoms with Crippen molar-refractivity contribution in [3.63, 3.8) is 0 Å². The summed E-state index contributed by atoms with van der Waals surface area (Å²) < 4.78 is 5.05. The molecular formula is C15H18ClN3O3. The van der Waals surface area contributed by atoms with Crippen LogP contribution >= 0.6 is 11.6 Å². The average molecular weight is 324 g/mol. The number of furan rings is 1. The smallest absolute Gasteiger partial charge is 0.319 e. The summed E-state index contributed by atoms with van der Waals surface area (Å²) in [5.41, 5.74) is 1.43. The van der Waals surface area contributed by atoms with Crippen LogP contribution in [0.1, 0.15) is 11.9 Å². The maximum Gasteiger partial charge on any atom is 0.319 e. The predicted molar refractivity (Wildman–Crippen MR) is 86.5 cm³/mol. The Kier molecular flexibility index (Phi) is 5.30. The van der Waals surface area contributed by atoms with E-state index in [0.717, 1.165) is 5.69 Å². The van der Waals surface area contributed by atoms with Crippen molar-refractivity contribution in [3.8, 4) is 0 Å². The van der Waals surface area contributed by atoms with Crippen molar-refractivity contribution in [1.82, 2.24) is 5.32 Å². The van der Waals surface area contributed by atoms with Crippen molar-refractivity contribution in [3.05, 3.63) is 47.4 Å². The Morgan fingerprint density at radius 1 is 1.41 bits per heavy atom. The molecule has 0 saturated heterocycles. The molecule has 0 aliphatic rings. The van der Waals surface area contributed by atoms with Crippen LogP contribution in [0.25, 0.3) is 0 Å². The number of urea groups is 1. The number of rotatable bonds is 5. The summed E-state index contributed by atoms with van der Waals surface area (Å²) in [6.07, 6.45) is 0.577. The quantitative estimate of drug-likeness (QED) is 0.790. The van der Waals surface area contributed by atoms with Crippen molar-refractivity contribution in [2.75, 3.05) is 30.9 Å². The van der Waals surface area contributed by atoms with E-state index in [4.69, 9.17) is 16.0 Å². The minimum atomic E-state index is -0.888. The van der Waals surface area contributed by atoms with Gasteiger partial charge in [-0.15, -0.1) is 0 Å². The number of amides is 2. The number of halogens is 1. The molecule has 0 bridgehead atoms. The van der Waals surface area contributed by atoms with Gasteiger partial charge < -0.3 is 25.1 Å². The zero-order chi connectivity index (χ0) is 16.1. The lowest BCUT2D eigenvalue weighted by Gasteiger charge is -2.16. The van der Waals surface area contributed by atoms with E-state index in [-0.39, 0.29) is 6.54 Å². The van der Waals surface area contributed by atoms with Gasteiger partial charge in [0.05, 0.1) is 23.5 Å². The number of nitrogens with zero attached hydrogens (tertiary/aromatic N) is 1. The summed E-state index contributed by atoms with van der Waals surface area (Å²) in [5.74, 6) is 0.402. The Balaban J connectivity index is 1.88. The van der Waals surface area contributed by atoms with Gasteiger partial charge in [0.25, 0.3) is 0 Å². The largest absolute Gasteiger partial charge is 0.467 e. The van der Waals surface area contributed by atoms with Gasteiger partial charge in [0.1, 0.15) is 11.9 Å². The van der Waals surface area contributed by atoms with Crippen molar-refractivity contribution in [2.45, 2.75) is 6.10 Å². The molecular weight excluding hydrogens is 306 g/mol. The monoisotopic (exact) mass is 323 g/mol. The second-order valence-corrected chi connectivity index (χ2v) is 5.33. The van der Waals surface area contributed by atoms with E-state index in [1.165, 1.54) is 6.26 Å².